The fourth-order valence-corrected chi connectivity index (χ4v) is 2.54. The SMILES string of the molecule is C=C[C@@H](OCc1ccccc1)c1cccc2ccccc12. The van der Waals surface area contributed by atoms with Crippen LogP contribution in [0.2, 0.25) is 0 Å². The van der Waals surface area contributed by atoms with Crippen LogP contribution in [0.15, 0.2) is 85.5 Å². The third-order valence-corrected chi connectivity index (χ3v) is 3.62. The molecule has 104 valence electrons. The first-order valence-electron chi connectivity index (χ1n) is 7.14. The predicted octanol–water partition coefficient (Wildman–Crippen LogP) is 5.28. The Morgan fingerprint density at radius 3 is 2.38 bits per heavy atom. The van der Waals surface area contributed by atoms with E-state index < -0.39 is 0 Å². The number of benzene rings is 3. The van der Waals surface area contributed by atoms with Gasteiger partial charge in [-0.2, -0.15) is 0 Å². The van der Waals surface area contributed by atoms with Gasteiger partial charge in [0.1, 0.15) is 6.10 Å². The Bertz CT molecular complexity index is 726. The van der Waals surface area contributed by atoms with E-state index >= 15 is 0 Å². The molecule has 3 aromatic rings. The molecule has 1 nitrogen and oxygen atoms in total. The van der Waals surface area contributed by atoms with Crippen LogP contribution in [-0.2, 0) is 11.3 Å². The number of hydrogen-bond acceptors (Lipinski definition) is 1. The molecule has 0 spiro atoms. The minimum Gasteiger partial charge on any atom is -0.365 e. The number of hydrogen-bond donors (Lipinski definition) is 0. The summed E-state index contributed by atoms with van der Waals surface area (Å²) >= 11 is 0. The summed E-state index contributed by atoms with van der Waals surface area (Å²) in [6.07, 6.45) is 1.77. The smallest absolute Gasteiger partial charge is 0.101 e. The first-order valence-corrected chi connectivity index (χ1v) is 7.14. The lowest BCUT2D eigenvalue weighted by molar-refractivity contribution is 0.0730. The average Bonchev–Trinajstić information content (AvgIpc) is 2.56. The normalized spacial score (nSPS) is 12.2. The van der Waals surface area contributed by atoms with Crippen LogP contribution >= 0.6 is 0 Å². The summed E-state index contributed by atoms with van der Waals surface area (Å²) in [4.78, 5) is 0. The molecule has 0 amide bonds. The van der Waals surface area contributed by atoms with Crippen molar-refractivity contribution >= 4 is 10.8 Å². The van der Waals surface area contributed by atoms with Gasteiger partial charge in [-0.25, -0.2) is 0 Å². The maximum Gasteiger partial charge on any atom is 0.101 e. The van der Waals surface area contributed by atoms with Gasteiger partial charge in [-0.1, -0.05) is 78.9 Å². The minimum atomic E-state index is -0.101. The van der Waals surface area contributed by atoms with Crippen LogP contribution in [0.5, 0.6) is 0 Å². The molecule has 0 saturated carbocycles. The van der Waals surface area contributed by atoms with Crippen LogP contribution in [-0.4, -0.2) is 0 Å². The molecule has 0 aliphatic heterocycles. The summed E-state index contributed by atoms with van der Waals surface area (Å²) in [6, 6.07) is 24.9. The van der Waals surface area contributed by atoms with Crippen LogP contribution in [0.4, 0.5) is 0 Å². The van der Waals surface area contributed by atoms with Crippen LogP contribution < -0.4 is 0 Å². The largest absolute Gasteiger partial charge is 0.365 e. The third-order valence-electron chi connectivity index (χ3n) is 3.62. The number of ether oxygens (including phenoxy) is 1. The molecule has 0 N–H and O–H groups in total. The van der Waals surface area contributed by atoms with Gasteiger partial charge in [0.15, 0.2) is 0 Å². The number of fused-ring (bicyclic) bond motifs is 1. The average molecular weight is 274 g/mol. The van der Waals surface area contributed by atoms with Gasteiger partial charge < -0.3 is 4.74 Å². The van der Waals surface area contributed by atoms with Gasteiger partial charge >= 0.3 is 0 Å². The van der Waals surface area contributed by atoms with E-state index in [1.807, 2.05) is 24.3 Å². The molecule has 0 radical (unpaired) electrons. The molecular formula is C20H18O. The molecule has 21 heavy (non-hydrogen) atoms. The van der Waals surface area contributed by atoms with E-state index in [0.29, 0.717) is 6.61 Å². The highest BCUT2D eigenvalue weighted by Gasteiger charge is 2.11. The van der Waals surface area contributed by atoms with Gasteiger partial charge in [0, 0.05) is 0 Å². The van der Waals surface area contributed by atoms with Crippen molar-refractivity contribution in [3.8, 4) is 0 Å². The highest BCUT2D eigenvalue weighted by Crippen LogP contribution is 2.28. The molecule has 0 aliphatic carbocycles. The third kappa shape index (κ3) is 3.04. The van der Waals surface area contributed by atoms with Crippen molar-refractivity contribution in [1.29, 1.82) is 0 Å². The summed E-state index contributed by atoms with van der Waals surface area (Å²) in [6.45, 7) is 4.52. The lowest BCUT2D eigenvalue weighted by atomic mass is 10.0. The number of rotatable bonds is 5. The van der Waals surface area contributed by atoms with E-state index in [4.69, 9.17) is 4.74 Å². The van der Waals surface area contributed by atoms with E-state index in [0.717, 1.165) is 0 Å². The first kappa shape index (κ1) is 13.6. The fourth-order valence-electron chi connectivity index (χ4n) is 2.54. The Hall–Kier alpha value is -2.38. The van der Waals surface area contributed by atoms with E-state index in [1.165, 1.54) is 21.9 Å². The van der Waals surface area contributed by atoms with Crippen molar-refractivity contribution in [1.82, 2.24) is 0 Å². The summed E-state index contributed by atoms with van der Waals surface area (Å²) in [7, 11) is 0. The Balaban J connectivity index is 1.86. The highest BCUT2D eigenvalue weighted by atomic mass is 16.5. The first-order chi connectivity index (χ1) is 10.4. The Labute approximate surface area is 125 Å². The van der Waals surface area contributed by atoms with Crippen molar-refractivity contribution in [3.63, 3.8) is 0 Å². The van der Waals surface area contributed by atoms with Gasteiger partial charge in [-0.15, -0.1) is 6.58 Å². The van der Waals surface area contributed by atoms with Crippen molar-refractivity contribution in [2.45, 2.75) is 12.7 Å². The molecule has 1 atom stereocenters. The van der Waals surface area contributed by atoms with Crippen LogP contribution in [0.1, 0.15) is 17.2 Å². The van der Waals surface area contributed by atoms with Gasteiger partial charge in [0.25, 0.3) is 0 Å². The zero-order valence-electron chi connectivity index (χ0n) is 11.9. The maximum atomic E-state index is 6.05. The van der Waals surface area contributed by atoms with E-state index in [2.05, 4.69) is 61.2 Å². The summed E-state index contributed by atoms with van der Waals surface area (Å²) in [5.74, 6) is 0. The molecular weight excluding hydrogens is 256 g/mol. The zero-order valence-corrected chi connectivity index (χ0v) is 11.9. The molecule has 0 aromatic heterocycles. The Morgan fingerprint density at radius 1 is 0.857 bits per heavy atom. The molecule has 1 heteroatoms. The van der Waals surface area contributed by atoms with Crippen molar-refractivity contribution in [2.75, 3.05) is 0 Å². The lowest BCUT2D eigenvalue weighted by Crippen LogP contribution is -2.02. The molecule has 0 heterocycles. The quantitative estimate of drug-likeness (QED) is 0.575. The topological polar surface area (TPSA) is 9.23 Å². The highest BCUT2D eigenvalue weighted by molar-refractivity contribution is 5.86. The zero-order chi connectivity index (χ0) is 14.5. The van der Waals surface area contributed by atoms with Gasteiger partial charge in [0.05, 0.1) is 6.61 Å². The molecule has 0 unspecified atom stereocenters. The fraction of sp³-hybridized carbons (Fsp3) is 0.100. The van der Waals surface area contributed by atoms with Crippen molar-refractivity contribution in [2.24, 2.45) is 0 Å². The lowest BCUT2D eigenvalue weighted by Gasteiger charge is -2.16. The van der Waals surface area contributed by atoms with E-state index in [-0.39, 0.29) is 6.10 Å². The van der Waals surface area contributed by atoms with Crippen molar-refractivity contribution in [3.05, 3.63) is 96.6 Å². The van der Waals surface area contributed by atoms with Crippen LogP contribution in [0.3, 0.4) is 0 Å². The summed E-state index contributed by atoms with van der Waals surface area (Å²) in [5.41, 5.74) is 2.34. The maximum absolute atomic E-state index is 6.05. The van der Waals surface area contributed by atoms with Crippen LogP contribution in [0, 0.1) is 0 Å². The van der Waals surface area contributed by atoms with E-state index in [1.54, 1.807) is 0 Å². The summed E-state index contributed by atoms with van der Waals surface area (Å²) in [5, 5.41) is 2.45. The molecule has 0 aliphatic rings. The van der Waals surface area contributed by atoms with Gasteiger partial charge in [0.2, 0.25) is 0 Å². The van der Waals surface area contributed by atoms with Crippen LogP contribution in [0.25, 0.3) is 10.8 Å². The second-order valence-corrected chi connectivity index (χ2v) is 5.02. The second-order valence-electron chi connectivity index (χ2n) is 5.02. The molecule has 3 rings (SSSR count). The van der Waals surface area contributed by atoms with E-state index in [9.17, 15) is 0 Å². The monoisotopic (exact) mass is 274 g/mol. The molecule has 0 fully saturated rings. The molecule has 3 aromatic carbocycles. The molecule has 0 bridgehead atoms. The standard InChI is InChI=1S/C20H18O/c1-2-20(21-15-16-9-4-3-5-10-16)19-14-8-12-17-11-6-7-13-18(17)19/h2-14,20H,1,15H2/t20-/m1/s1. The molecule has 0 saturated heterocycles. The summed E-state index contributed by atoms with van der Waals surface area (Å²) < 4.78 is 6.05. The second kappa shape index (κ2) is 6.38. The van der Waals surface area contributed by atoms with Gasteiger partial charge in [-0.05, 0) is 21.9 Å². The predicted molar refractivity (Wildman–Crippen MR) is 88.1 cm³/mol. The minimum absolute atomic E-state index is 0.101. The van der Waals surface area contributed by atoms with Gasteiger partial charge in [-0.3, -0.25) is 0 Å². The Kier molecular flexibility index (Phi) is 4.13. The van der Waals surface area contributed by atoms with Crippen molar-refractivity contribution < 1.29 is 4.74 Å². The Morgan fingerprint density at radius 2 is 1.57 bits per heavy atom.